The molecule has 152 valence electrons. The zero-order valence-electron chi connectivity index (χ0n) is 17.5. The summed E-state index contributed by atoms with van der Waals surface area (Å²) in [7, 11) is 0. The quantitative estimate of drug-likeness (QED) is 0.436. The first-order valence-corrected chi connectivity index (χ1v) is 10.6. The lowest BCUT2D eigenvalue weighted by Crippen LogP contribution is -2.13. The van der Waals surface area contributed by atoms with Crippen LogP contribution in [-0.2, 0) is 13.0 Å². The molecule has 0 fully saturated rings. The van der Waals surface area contributed by atoms with Crippen LogP contribution in [-0.4, -0.2) is 10.5 Å². The Bertz CT molecular complexity index is 1000. The van der Waals surface area contributed by atoms with Gasteiger partial charge in [-0.25, -0.2) is 0 Å². The van der Waals surface area contributed by atoms with Gasteiger partial charge in [-0.3, -0.25) is 4.79 Å². The normalized spacial score (nSPS) is 11.0. The number of nitrogens with zero attached hydrogens (tertiary/aromatic N) is 1. The van der Waals surface area contributed by atoms with Crippen molar-refractivity contribution < 1.29 is 4.79 Å². The lowest BCUT2D eigenvalue weighted by Gasteiger charge is -2.14. The number of carbonyl (C=O) groups is 1. The predicted octanol–water partition coefficient (Wildman–Crippen LogP) is 6.31. The average Bonchev–Trinajstić information content (AvgIpc) is 2.95. The third-order valence-electron chi connectivity index (χ3n) is 5.46. The Kier molecular flexibility index (Phi) is 6.81. The highest BCUT2D eigenvalue weighted by molar-refractivity contribution is 6.30. The van der Waals surface area contributed by atoms with Gasteiger partial charge in [-0.2, -0.15) is 0 Å². The van der Waals surface area contributed by atoms with Gasteiger partial charge in [0.25, 0.3) is 5.91 Å². The van der Waals surface area contributed by atoms with Crippen molar-refractivity contribution in [3.63, 3.8) is 0 Å². The minimum atomic E-state index is -0.375. The number of primary amides is 1. The van der Waals surface area contributed by atoms with Crippen LogP contribution in [0.25, 0.3) is 11.1 Å². The number of aromatic nitrogens is 1. The third-order valence-corrected chi connectivity index (χ3v) is 5.70. The number of benzene rings is 2. The van der Waals surface area contributed by atoms with Crippen LogP contribution in [0.3, 0.4) is 0 Å². The second-order valence-electron chi connectivity index (χ2n) is 7.69. The Morgan fingerprint density at radius 2 is 1.79 bits per heavy atom. The van der Waals surface area contributed by atoms with Crippen LogP contribution in [0.4, 0.5) is 0 Å². The molecule has 0 aliphatic rings. The zero-order chi connectivity index (χ0) is 21.0. The molecule has 1 amide bonds. The number of nitrogens with two attached hydrogens (primary N) is 1. The molecule has 0 saturated carbocycles. The van der Waals surface area contributed by atoms with E-state index in [4.69, 9.17) is 17.3 Å². The maximum Gasteiger partial charge on any atom is 0.251 e. The van der Waals surface area contributed by atoms with E-state index in [2.05, 4.69) is 48.7 Å². The zero-order valence-corrected chi connectivity index (χ0v) is 18.2. The lowest BCUT2D eigenvalue weighted by atomic mass is 9.96. The highest BCUT2D eigenvalue weighted by Gasteiger charge is 2.24. The summed E-state index contributed by atoms with van der Waals surface area (Å²) in [5.74, 6) is -0.375. The molecule has 0 aliphatic carbocycles. The summed E-state index contributed by atoms with van der Waals surface area (Å²) in [6.07, 6.45) is 4.29. The highest BCUT2D eigenvalue weighted by atomic mass is 35.5. The van der Waals surface area contributed by atoms with Gasteiger partial charge >= 0.3 is 0 Å². The molecular weight excluding hydrogens is 380 g/mol. The van der Waals surface area contributed by atoms with Crippen molar-refractivity contribution in [2.24, 2.45) is 5.73 Å². The Hall–Kier alpha value is -2.52. The van der Waals surface area contributed by atoms with Crippen molar-refractivity contribution in [3.05, 3.63) is 81.6 Å². The molecule has 1 heterocycles. The summed E-state index contributed by atoms with van der Waals surface area (Å²) < 4.78 is 2.25. The molecule has 0 spiro atoms. The minimum absolute atomic E-state index is 0.375. The van der Waals surface area contributed by atoms with Crippen molar-refractivity contribution in [2.45, 2.75) is 53.0 Å². The van der Waals surface area contributed by atoms with Gasteiger partial charge in [-0.05, 0) is 49.9 Å². The molecule has 0 atom stereocenters. The van der Waals surface area contributed by atoms with Crippen LogP contribution in [0.2, 0.25) is 5.02 Å². The number of amides is 1. The van der Waals surface area contributed by atoms with E-state index in [1.165, 1.54) is 11.3 Å². The van der Waals surface area contributed by atoms with Crippen LogP contribution >= 0.6 is 11.6 Å². The van der Waals surface area contributed by atoms with Crippen molar-refractivity contribution in [2.75, 3.05) is 0 Å². The molecule has 2 aromatic carbocycles. The van der Waals surface area contributed by atoms with Gasteiger partial charge in [0.05, 0.1) is 5.56 Å². The van der Waals surface area contributed by atoms with Crippen LogP contribution in [0.1, 0.15) is 59.1 Å². The number of halogens is 1. The summed E-state index contributed by atoms with van der Waals surface area (Å²) in [6, 6.07) is 16.2. The maximum atomic E-state index is 12.5. The van der Waals surface area contributed by atoms with E-state index in [0.29, 0.717) is 17.1 Å². The van der Waals surface area contributed by atoms with Crippen molar-refractivity contribution in [3.8, 4) is 11.1 Å². The van der Waals surface area contributed by atoms with Gasteiger partial charge in [0.1, 0.15) is 0 Å². The molecule has 0 radical (unpaired) electrons. The van der Waals surface area contributed by atoms with Crippen LogP contribution in [0, 0.1) is 13.8 Å². The number of unbranched alkanes of at least 4 members (excludes halogenated alkanes) is 2. The van der Waals surface area contributed by atoms with E-state index in [1.807, 2.05) is 25.1 Å². The fourth-order valence-corrected chi connectivity index (χ4v) is 4.18. The monoisotopic (exact) mass is 408 g/mol. The standard InChI is InChI=1S/C25H29ClN2O/c1-4-5-6-10-22-24(20-13-11-17(2)12-14-20)23(25(27)29)18(3)28(22)16-19-8-7-9-21(26)15-19/h7-9,11-15H,4-6,10,16H2,1-3H3,(H2,27,29). The first kappa shape index (κ1) is 21.2. The summed E-state index contributed by atoms with van der Waals surface area (Å²) in [5, 5.41) is 0.716. The largest absolute Gasteiger partial charge is 0.366 e. The molecule has 29 heavy (non-hydrogen) atoms. The number of aryl methyl sites for hydroxylation is 1. The third kappa shape index (κ3) is 4.73. The SMILES string of the molecule is CCCCCc1c(-c2ccc(C)cc2)c(C(N)=O)c(C)n1Cc1cccc(Cl)c1. The first-order valence-electron chi connectivity index (χ1n) is 10.3. The van der Waals surface area contributed by atoms with Crippen molar-refractivity contribution in [1.82, 2.24) is 4.57 Å². The fraction of sp³-hybridized carbons (Fsp3) is 0.320. The van der Waals surface area contributed by atoms with Crippen LogP contribution in [0.15, 0.2) is 48.5 Å². The number of rotatable bonds is 8. The van der Waals surface area contributed by atoms with Crippen molar-refractivity contribution >= 4 is 17.5 Å². The van der Waals surface area contributed by atoms with Crippen molar-refractivity contribution in [1.29, 1.82) is 0 Å². The molecular formula is C25H29ClN2O. The van der Waals surface area contributed by atoms with E-state index >= 15 is 0 Å². The topological polar surface area (TPSA) is 48.0 Å². The minimum Gasteiger partial charge on any atom is -0.366 e. The molecule has 0 unspecified atom stereocenters. The van der Waals surface area contributed by atoms with E-state index in [1.54, 1.807) is 0 Å². The van der Waals surface area contributed by atoms with Gasteiger partial charge in [-0.15, -0.1) is 0 Å². The summed E-state index contributed by atoms with van der Waals surface area (Å²) in [6.45, 7) is 6.92. The number of carbonyl (C=O) groups excluding carboxylic acids is 1. The van der Waals surface area contributed by atoms with Gasteiger partial charge < -0.3 is 10.3 Å². The number of hydrogen-bond acceptors (Lipinski definition) is 1. The summed E-state index contributed by atoms with van der Waals surface area (Å²) >= 11 is 6.21. The molecule has 1 aromatic heterocycles. The molecule has 0 bridgehead atoms. The van der Waals surface area contributed by atoms with Crippen LogP contribution < -0.4 is 5.73 Å². The summed E-state index contributed by atoms with van der Waals surface area (Å²) in [5.41, 5.74) is 12.9. The maximum absolute atomic E-state index is 12.5. The average molecular weight is 409 g/mol. The Balaban J connectivity index is 2.18. The smallest absolute Gasteiger partial charge is 0.251 e. The second-order valence-corrected chi connectivity index (χ2v) is 8.12. The van der Waals surface area contributed by atoms with Crippen LogP contribution in [0.5, 0.6) is 0 Å². The van der Waals surface area contributed by atoms with Gasteiger partial charge in [0, 0.05) is 28.5 Å². The van der Waals surface area contributed by atoms with Gasteiger partial charge in [0.15, 0.2) is 0 Å². The fourth-order valence-electron chi connectivity index (χ4n) is 3.96. The van der Waals surface area contributed by atoms with E-state index in [9.17, 15) is 4.79 Å². The van der Waals surface area contributed by atoms with E-state index < -0.39 is 0 Å². The Labute approximate surface area is 178 Å². The molecule has 4 heteroatoms. The molecule has 3 rings (SSSR count). The predicted molar refractivity (Wildman–Crippen MR) is 122 cm³/mol. The first-order chi connectivity index (χ1) is 13.9. The lowest BCUT2D eigenvalue weighted by molar-refractivity contribution is 0.1000. The highest BCUT2D eigenvalue weighted by Crippen LogP contribution is 2.34. The molecule has 3 aromatic rings. The van der Waals surface area contributed by atoms with E-state index in [-0.39, 0.29) is 5.91 Å². The summed E-state index contributed by atoms with van der Waals surface area (Å²) in [4.78, 5) is 12.5. The van der Waals surface area contributed by atoms with Gasteiger partial charge in [0.2, 0.25) is 0 Å². The van der Waals surface area contributed by atoms with Gasteiger partial charge in [-0.1, -0.05) is 73.3 Å². The molecule has 0 saturated heterocycles. The second kappa shape index (κ2) is 9.32. The number of hydrogen-bond donors (Lipinski definition) is 1. The Morgan fingerprint density at radius 3 is 2.41 bits per heavy atom. The molecule has 3 nitrogen and oxygen atoms in total. The Morgan fingerprint density at radius 1 is 1.07 bits per heavy atom. The molecule has 2 N–H and O–H groups in total. The molecule has 0 aliphatic heterocycles. The van der Waals surface area contributed by atoms with E-state index in [0.717, 1.165) is 48.1 Å².